The summed E-state index contributed by atoms with van der Waals surface area (Å²) in [5, 5.41) is 10.5. The maximum atomic E-state index is 10.5. The first-order valence-corrected chi connectivity index (χ1v) is 10.7. The second-order valence-corrected chi connectivity index (χ2v) is 11.0. The molecule has 0 bridgehead atoms. The Labute approximate surface area is 148 Å². The van der Waals surface area contributed by atoms with Crippen molar-refractivity contribution >= 4 is 0 Å². The van der Waals surface area contributed by atoms with Crippen molar-refractivity contribution in [3.05, 3.63) is 11.6 Å². The quantitative estimate of drug-likeness (QED) is 0.575. The summed E-state index contributed by atoms with van der Waals surface area (Å²) in [7, 11) is 0. The van der Waals surface area contributed by atoms with Gasteiger partial charge in [-0.2, -0.15) is 0 Å². The van der Waals surface area contributed by atoms with E-state index >= 15 is 0 Å². The van der Waals surface area contributed by atoms with Crippen molar-refractivity contribution in [2.24, 2.45) is 46.3 Å². The highest BCUT2D eigenvalue weighted by Gasteiger charge is 2.72. The first-order chi connectivity index (χ1) is 11.3. The first-order valence-electron chi connectivity index (χ1n) is 10.7. The number of allylic oxidation sites excluding steroid dienone is 2. The van der Waals surface area contributed by atoms with E-state index < -0.39 is 0 Å². The van der Waals surface area contributed by atoms with Crippen LogP contribution in [0.3, 0.4) is 0 Å². The molecule has 0 aliphatic heterocycles. The Kier molecular flexibility index (Phi) is 3.12. The van der Waals surface area contributed by atoms with Gasteiger partial charge in [0.05, 0.1) is 5.60 Å². The molecule has 1 heteroatoms. The fourth-order valence-electron chi connectivity index (χ4n) is 8.93. The van der Waals surface area contributed by atoms with Crippen molar-refractivity contribution in [3.63, 3.8) is 0 Å². The second kappa shape index (κ2) is 4.70. The number of hydrogen-bond acceptors (Lipinski definition) is 1. The third kappa shape index (κ3) is 1.86. The maximum absolute atomic E-state index is 10.5. The number of aliphatic hydroxyl groups is 1. The van der Waals surface area contributed by atoms with Crippen molar-refractivity contribution in [1.29, 1.82) is 0 Å². The first kappa shape index (κ1) is 15.9. The second-order valence-electron chi connectivity index (χ2n) is 11.0. The Morgan fingerprint density at radius 3 is 2.38 bits per heavy atom. The highest BCUT2D eigenvalue weighted by Crippen LogP contribution is 2.80. The highest BCUT2D eigenvalue weighted by molar-refractivity contribution is 5.39. The lowest BCUT2D eigenvalue weighted by molar-refractivity contribution is -0.0941. The summed E-state index contributed by atoms with van der Waals surface area (Å²) in [5.74, 6) is 5.65. The van der Waals surface area contributed by atoms with Crippen molar-refractivity contribution in [2.45, 2.75) is 84.7 Å². The lowest BCUT2D eigenvalue weighted by Crippen LogP contribution is -2.50. The minimum absolute atomic E-state index is 0.377. The molecule has 0 saturated heterocycles. The molecule has 0 aromatic rings. The maximum Gasteiger partial charge on any atom is 0.0622 e. The summed E-state index contributed by atoms with van der Waals surface area (Å²) in [4.78, 5) is 0. The van der Waals surface area contributed by atoms with E-state index in [9.17, 15) is 5.11 Å². The van der Waals surface area contributed by atoms with Crippen LogP contribution in [-0.4, -0.2) is 10.7 Å². The van der Waals surface area contributed by atoms with Gasteiger partial charge >= 0.3 is 0 Å². The number of hydrogen-bond donors (Lipinski definition) is 1. The van der Waals surface area contributed by atoms with Crippen LogP contribution in [-0.2, 0) is 0 Å². The molecule has 5 aliphatic carbocycles. The Hall–Kier alpha value is -0.300. The lowest BCUT2D eigenvalue weighted by atomic mass is 9.48. The topological polar surface area (TPSA) is 20.2 Å². The van der Waals surface area contributed by atoms with E-state index in [1.54, 1.807) is 0 Å². The van der Waals surface area contributed by atoms with Crippen LogP contribution in [0.25, 0.3) is 0 Å². The summed E-state index contributed by atoms with van der Waals surface area (Å²) < 4.78 is 0. The molecule has 5 saturated carbocycles. The molecule has 0 amide bonds. The van der Waals surface area contributed by atoms with Crippen LogP contribution in [0.1, 0.15) is 79.1 Å². The summed E-state index contributed by atoms with van der Waals surface area (Å²) in [5.41, 5.74) is 2.53. The molecule has 24 heavy (non-hydrogen) atoms. The molecule has 0 spiro atoms. The number of rotatable bonds is 0. The molecule has 1 N–H and O–H groups in total. The molecule has 0 radical (unpaired) electrons. The van der Waals surface area contributed by atoms with Crippen molar-refractivity contribution in [1.82, 2.24) is 0 Å². The summed E-state index contributed by atoms with van der Waals surface area (Å²) in [6, 6.07) is 0. The van der Waals surface area contributed by atoms with Gasteiger partial charge in [0.1, 0.15) is 0 Å². The van der Waals surface area contributed by atoms with Gasteiger partial charge in [-0.05, 0) is 112 Å². The van der Waals surface area contributed by atoms with Crippen LogP contribution in [0.5, 0.6) is 0 Å². The predicted octanol–water partition coefficient (Wildman–Crippen LogP) is 5.58. The smallest absolute Gasteiger partial charge is 0.0622 e. The van der Waals surface area contributed by atoms with Gasteiger partial charge in [-0.25, -0.2) is 0 Å². The average molecular weight is 329 g/mol. The summed E-state index contributed by atoms with van der Waals surface area (Å²) >= 11 is 0. The summed E-state index contributed by atoms with van der Waals surface area (Å²) in [6.07, 6.45) is 13.1. The largest absolute Gasteiger partial charge is 0.390 e. The molecule has 5 rings (SSSR count). The van der Waals surface area contributed by atoms with Gasteiger partial charge in [0, 0.05) is 0 Å². The Morgan fingerprint density at radius 2 is 1.62 bits per heavy atom. The van der Waals surface area contributed by atoms with Crippen molar-refractivity contribution in [2.75, 3.05) is 0 Å². The zero-order valence-corrected chi connectivity index (χ0v) is 16.1. The van der Waals surface area contributed by atoms with E-state index in [4.69, 9.17) is 0 Å². The van der Waals surface area contributed by atoms with Gasteiger partial charge in [0.15, 0.2) is 0 Å². The van der Waals surface area contributed by atoms with E-state index in [0.29, 0.717) is 10.8 Å². The van der Waals surface area contributed by atoms with E-state index in [-0.39, 0.29) is 5.60 Å². The van der Waals surface area contributed by atoms with E-state index in [1.165, 1.54) is 38.5 Å². The molecule has 5 aliphatic rings. The standard InChI is InChI=1S/C23H36O/c1-5-19-22(3)11-9-16-15-8-10-21(2,24)12-14(15)6-7-17(16)20(22)18-13-23(18,19)4/h5,14-18,20,24H,6-13H2,1-4H3/b19-5+/t14-,15+,16-,17-,18+,20-,21-,22-,23?/m1/s1. The zero-order chi connectivity index (χ0) is 16.9. The minimum atomic E-state index is -0.377. The lowest BCUT2D eigenvalue weighted by Gasteiger charge is -2.57. The Balaban J connectivity index is 1.46. The predicted molar refractivity (Wildman–Crippen MR) is 98.5 cm³/mol. The van der Waals surface area contributed by atoms with Gasteiger partial charge in [-0.3, -0.25) is 0 Å². The molecule has 9 atom stereocenters. The van der Waals surface area contributed by atoms with Crippen LogP contribution in [0, 0.1) is 46.3 Å². The fourth-order valence-corrected chi connectivity index (χ4v) is 8.93. The van der Waals surface area contributed by atoms with Crippen molar-refractivity contribution < 1.29 is 5.11 Å². The van der Waals surface area contributed by atoms with Gasteiger partial charge in [-0.15, -0.1) is 0 Å². The molecule has 5 fully saturated rings. The molecule has 0 aromatic heterocycles. The molecule has 1 unspecified atom stereocenters. The van der Waals surface area contributed by atoms with Crippen LogP contribution in [0.2, 0.25) is 0 Å². The van der Waals surface area contributed by atoms with E-state index in [2.05, 4.69) is 33.8 Å². The average Bonchev–Trinajstić information content (AvgIpc) is 3.12. The molecule has 0 aromatic carbocycles. The molecular formula is C23H36O. The van der Waals surface area contributed by atoms with Gasteiger partial charge < -0.3 is 5.11 Å². The molecular weight excluding hydrogens is 292 g/mol. The van der Waals surface area contributed by atoms with E-state index in [0.717, 1.165) is 48.3 Å². The van der Waals surface area contributed by atoms with Gasteiger partial charge in [-0.1, -0.05) is 25.5 Å². The third-order valence-corrected chi connectivity index (χ3v) is 9.74. The SMILES string of the molecule is C/C=C1/C2(C)C[C@H]2[C@H]2[C@@H]3CC[C@@H]4C[C@](C)(O)CC[C@@H]4[C@H]3CC[C@]12C. The fraction of sp³-hybridized carbons (Fsp3) is 0.913. The monoisotopic (exact) mass is 328 g/mol. The Bertz CT molecular complexity index is 589. The van der Waals surface area contributed by atoms with Crippen LogP contribution >= 0.6 is 0 Å². The third-order valence-electron chi connectivity index (χ3n) is 9.74. The number of fused-ring (bicyclic) bond motifs is 7. The minimum Gasteiger partial charge on any atom is -0.390 e. The normalized spacial score (nSPS) is 63.3. The van der Waals surface area contributed by atoms with Crippen LogP contribution in [0.4, 0.5) is 0 Å². The van der Waals surface area contributed by atoms with Gasteiger partial charge in [0.25, 0.3) is 0 Å². The van der Waals surface area contributed by atoms with Crippen LogP contribution in [0.15, 0.2) is 11.6 Å². The van der Waals surface area contributed by atoms with Crippen LogP contribution < -0.4 is 0 Å². The van der Waals surface area contributed by atoms with E-state index in [1.807, 2.05) is 5.57 Å². The van der Waals surface area contributed by atoms with Gasteiger partial charge in [0.2, 0.25) is 0 Å². The Morgan fingerprint density at radius 1 is 0.875 bits per heavy atom. The zero-order valence-electron chi connectivity index (χ0n) is 16.1. The molecule has 134 valence electrons. The highest BCUT2D eigenvalue weighted by atomic mass is 16.3. The molecule has 1 nitrogen and oxygen atoms in total. The summed E-state index contributed by atoms with van der Waals surface area (Å²) in [6.45, 7) is 9.57. The van der Waals surface area contributed by atoms with Crippen molar-refractivity contribution in [3.8, 4) is 0 Å². The molecule has 0 heterocycles.